The van der Waals surface area contributed by atoms with Crippen LogP contribution in [-0.2, 0) is 16.0 Å². The molecule has 3 N–H and O–H groups in total. The van der Waals surface area contributed by atoms with Crippen LogP contribution in [0.25, 0.3) is 0 Å². The zero-order valence-electron chi connectivity index (χ0n) is 14.9. The van der Waals surface area contributed by atoms with Gasteiger partial charge in [-0.2, -0.15) is 0 Å². The van der Waals surface area contributed by atoms with Gasteiger partial charge in [-0.3, -0.25) is 9.59 Å². The third-order valence-electron chi connectivity index (χ3n) is 4.45. The SMILES string of the molecule is CCCC(NC(=O)Cc1ccccc1)C(=O)NCCC1CCNC1.Cl. The molecule has 0 bridgehead atoms. The molecule has 1 aromatic rings. The van der Waals surface area contributed by atoms with E-state index in [1.165, 1.54) is 6.42 Å². The Morgan fingerprint density at radius 3 is 2.68 bits per heavy atom. The summed E-state index contributed by atoms with van der Waals surface area (Å²) < 4.78 is 0. The first-order chi connectivity index (χ1) is 11.7. The van der Waals surface area contributed by atoms with Gasteiger partial charge < -0.3 is 16.0 Å². The molecular weight excluding hydrogens is 338 g/mol. The minimum atomic E-state index is -0.437. The van der Waals surface area contributed by atoms with Gasteiger partial charge in [-0.1, -0.05) is 43.7 Å². The number of halogens is 1. The Hall–Kier alpha value is -1.59. The normalized spacial score (nSPS) is 17.4. The van der Waals surface area contributed by atoms with E-state index in [9.17, 15) is 9.59 Å². The van der Waals surface area contributed by atoms with Gasteiger partial charge in [-0.05, 0) is 43.8 Å². The van der Waals surface area contributed by atoms with Crippen LogP contribution in [0.15, 0.2) is 30.3 Å². The van der Waals surface area contributed by atoms with Crippen molar-refractivity contribution in [2.75, 3.05) is 19.6 Å². The van der Waals surface area contributed by atoms with E-state index >= 15 is 0 Å². The summed E-state index contributed by atoms with van der Waals surface area (Å²) in [5.74, 6) is 0.488. The van der Waals surface area contributed by atoms with Crippen LogP contribution < -0.4 is 16.0 Å². The summed E-state index contributed by atoms with van der Waals surface area (Å²) in [6.07, 6.45) is 4.01. The lowest BCUT2D eigenvalue weighted by Crippen LogP contribution is -2.47. The minimum absolute atomic E-state index is 0. The minimum Gasteiger partial charge on any atom is -0.354 e. The van der Waals surface area contributed by atoms with Crippen LogP contribution in [0.5, 0.6) is 0 Å². The van der Waals surface area contributed by atoms with Crippen molar-refractivity contribution in [3.8, 4) is 0 Å². The molecule has 1 aliphatic rings. The lowest BCUT2D eigenvalue weighted by molar-refractivity contribution is -0.128. The van der Waals surface area contributed by atoms with E-state index in [2.05, 4.69) is 16.0 Å². The Morgan fingerprint density at radius 2 is 2.04 bits per heavy atom. The molecule has 6 heteroatoms. The van der Waals surface area contributed by atoms with Crippen LogP contribution in [0.3, 0.4) is 0 Å². The van der Waals surface area contributed by atoms with Crippen LogP contribution in [0.1, 0.15) is 38.2 Å². The molecular formula is C19H30ClN3O2. The number of carbonyl (C=O) groups is 2. The summed E-state index contributed by atoms with van der Waals surface area (Å²) >= 11 is 0. The predicted octanol–water partition coefficient (Wildman–Crippen LogP) is 2.05. The van der Waals surface area contributed by atoms with Crippen molar-refractivity contribution in [1.82, 2.24) is 16.0 Å². The number of nitrogens with one attached hydrogen (secondary N) is 3. The number of hydrogen-bond donors (Lipinski definition) is 3. The average Bonchev–Trinajstić information content (AvgIpc) is 3.08. The molecule has 2 unspecified atom stereocenters. The summed E-state index contributed by atoms with van der Waals surface area (Å²) in [7, 11) is 0. The summed E-state index contributed by atoms with van der Waals surface area (Å²) in [4.78, 5) is 24.5. The number of carbonyl (C=O) groups excluding carboxylic acids is 2. The van der Waals surface area contributed by atoms with Gasteiger partial charge in [0.1, 0.15) is 6.04 Å². The standard InChI is InChI=1S/C19H29N3O2.ClH/c1-2-6-17(19(24)21-12-10-16-9-11-20-14-16)22-18(23)13-15-7-4-3-5-8-15;/h3-5,7-8,16-17,20H,2,6,9-14H2,1H3,(H,21,24)(H,22,23);1H. The topological polar surface area (TPSA) is 70.2 Å². The second-order valence-corrected chi connectivity index (χ2v) is 6.51. The second kappa shape index (κ2) is 11.9. The Kier molecular flexibility index (Phi) is 10.2. The smallest absolute Gasteiger partial charge is 0.242 e. The molecule has 2 amide bonds. The third kappa shape index (κ3) is 7.88. The number of benzene rings is 1. The van der Waals surface area contributed by atoms with E-state index in [1.54, 1.807) is 0 Å². The van der Waals surface area contributed by atoms with E-state index in [1.807, 2.05) is 37.3 Å². The van der Waals surface area contributed by atoms with E-state index in [0.717, 1.165) is 31.5 Å². The molecule has 140 valence electrons. The van der Waals surface area contributed by atoms with Crippen LogP contribution in [0.2, 0.25) is 0 Å². The van der Waals surface area contributed by atoms with Crippen LogP contribution in [0, 0.1) is 5.92 Å². The summed E-state index contributed by atoms with van der Waals surface area (Å²) in [6.45, 7) is 4.82. The molecule has 1 saturated heterocycles. The molecule has 5 nitrogen and oxygen atoms in total. The molecule has 2 atom stereocenters. The highest BCUT2D eigenvalue weighted by Crippen LogP contribution is 2.11. The molecule has 0 aromatic heterocycles. The molecule has 2 rings (SSSR count). The van der Waals surface area contributed by atoms with E-state index < -0.39 is 6.04 Å². The number of hydrogen-bond acceptors (Lipinski definition) is 3. The van der Waals surface area contributed by atoms with Crippen molar-refractivity contribution >= 4 is 24.2 Å². The zero-order chi connectivity index (χ0) is 17.2. The third-order valence-corrected chi connectivity index (χ3v) is 4.45. The van der Waals surface area contributed by atoms with Crippen molar-refractivity contribution in [3.63, 3.8) is 0 Å². The highest BCUT2D eigenvalue weighted by atomic mass is 35.5. The van der Waals surface area contributed by atoms with Gasteiger partial charge in [0, 0.05) is 6.54 Å². The molecule has 0 saturated carbocycles. The van der Waals surface area contributed by atoms with Gasteiger partial charge in [0.15, 0.2) is 0 Å². The fourth-order valence-electron chi connectivity index (χ4n) is 3.07. The van der Waals surface area contributed by atoms with E-state index in [-0.39, 0.29) is 24.2 Å². The monoisotopic (exact) mass is 367 g/mol. The number of rotatable bonds is 9. The van der Waals surface area contributed by atoms with Crippen molar-refractivity contribution in [2.24, 2.45) is 5.92 Å². The highest BCUT2D eigenvalue weighted by Gasteiger charge is 2.20. The van der Waals surface area contributed by atoms with Gasteiger partial charge in [-0.15, -0.1) is 12.4 Å². The summed E-state index contributed by atoms with van der Waals surface area (Å²) in [6, 6.07) is 9.16. The molecule has 0 aliphatic carbocycles. The van der Waals surface area contributed by atoms with Gasteiger partial charge in [-0.25, -0.2) is 0 Å². The Balaban J connectivity index is 0.00000312. The predicted molar refractivity (Wildman–Crippen MR) is 103 cm³/mol. The van der Waals surface area contributed by atoms with Gasteiger partial charge in [0.2, 0.25) is 11.8 Å². The van der Waals surface area contributed by atoms with Gasteiger partial charge in [0.25, 0.3) is 0 Å². The molecule has 1 fully saturated rings. The summed E-state index contributed by atoms with van der Waals surface area (Å²) in [5.41, 5.74) is 0.958. The quantitative estimate of drug-likeness (QED) is 0.625. The molecule has 25 heavy (non-hydrogen) atoms. The lowest BCUT2D eigenvalue weighted by atomic mass is 10.0. The first kappa shape index (κ1) is 21.5. The maximum Gasteiger partial charge on any atom is 0.242 e. The molecule has 0 radical (unpaired) electrons. The maximum atomic E-state index is 12.4. The second-order valence-electron chi connectivity index (χ2n) is 6.51. The van der Waals surface area contributed by atoms with Crippen molar-refractivity contribution in [1.29, 1.82) is 0 Å². The Labute approximate surface area is 156 Å². The van der Waals surface area contributed by atoms with E-state index in [0.29, 0.717) is 25.3 Å². The Bertz CT molecular complexity index is 519. The Morgan fingerprint density at radius 1 is 1.28 bits per heavy atom. The summed E-state index contributed by atoms with van der Waals surface area (Å²) in [5, 5.41) is 9.20. The first-order valence-electron chi connectivity index (χ1n) is 9.00. The fraction of sp³-hybridized carbons (Fsp3) is 0.579. The maximum absolute atomic E-state index is 12.4. The molecule has 1 aliphatic heterocycles. The molecule has 0 spiro atoms. The largest absolute Gasteiger partial charge is 0.354 e. The lowest BCUT2D eigenvalue weighted by Gasteiger charge is -2.18. The number of amides is 2. The van der Waals surface area contributed by atoms with Gasteiger partial charge in [0.05, 0.1) is 6.42 Å². The zero-order valence-corrected chi connectivity index (χ0v) is 15.7. The van der Waals surface area contributed by atoms with E-state index in [4.69, 9.17) is 0 Å². The van der Waals surface area contributed by atoms with Gasteiger partial charge >= 0.3 is 0 Å². The van der Waals surface area contributed by atoms with Crippen LogP contribution >= 0.6 is 12.4 Å². The highest BCUT2D eigenvalue weighted by molar-refractivity contribution is 5.88. The first-order valence-corrected chi connectivity index (χ1v) is 9.00. The van der Waals surface area contributed by atoms with Crippen molar-refractivity contribution < 1.29 is 9.59 Å². The average molecular weight is 368 g/mol. The molecule has 1 heterocycles. The van der Waals surface area contributed by atoms with Crippen LogP contribution in [0.4, 0.5) is 0 Å². The van der Waals surface area contributed by atoms with Crippen molar-refractivity contribution in [3.05, 3.63) is 35.9 Å². The van der Waals surface area contributed by atoms with Crippen molar-refractivity contribution in [2.45, 2.75) is 45.1 Å². The van der Waals surface area contributed by atoms with Crippen LogP contribution in [-0.4, -0.2) is 37.5 Å². The fourth-order valence-corrected chi connectivity index (χ4v) is 3.07. The molecule has 1 aromatic carbocycles.